The van der Waals surface area contributed by atoms with Crippen LogP contribution in [-0.2, 0) is 0 Å². The van der Waals surface area contributed by atoms with Crippen molar-refractivity contribution in [2.24, 2.45) is 0 Å². The lowest BCUT2D eigenvalue weighted by Gasteiger charge is -2.46. The molecule has 2 N–H and O–H groups in total. The van der Waals surface area contributed by atoms with E-state index in [1.54, 1.807) is 17.4 Å². The molecule has 0 unspecified atom stereocenters. The number of hydrogen-bond acceptors (Lipinski definition) is 7. The molecule has 1 aliphatic rings. The maximum Gasteiger partial charge on any atom is 0.201 e. The Bertz CT molecular complexity index is 1230. The molecular formula is C23H26N6OS. The van der Waals surface area contributed by atoms with Crippen LogP contribution in [0.15, 0.2) is 41.1 Å². The van der Waals surface area contributed by atoms with Gasteiger partial charge in [0.25, 0.3) is 0 Å². The van der Waals surface area contributed by atoms with E-state index < -0.39 is 0 Å². The van der Waals surface area contributed by atoms with Crippen LogP contribution in [0.5, 0.6) is 5.75 Å². The average molecular weight is 435 g/mol. The number of phenolic OH excluding ortho intramolecular Hbond substituents is 1. The molecule has 3 aromatic heterocycles. The Labute approximate surface area is 185 Å². The van der Waals surface area contributed by atoms with Gasteiger partial charge in [0.05, 0.1) is 11.7 Å². The van der Waals surface area contributed by atoms with Crippen LogP contribution in [0.4, 0.5) is 0 Å². The molecule has 1 aliphatic heterocycles. The van der Waals surface area contributed by atoms with Crippen molar-refractivity contribution < 1.29 is 5.11 Å². The molecule has 5 rings (SSSR count). The molecule has 160 valence electrons. The lowest BCUT2D eigenvalue weighted by atomic mass is 9.80. The van der Waals surface area contributed by atoms with E-state index in [2.05, 4.69) is 58.9 Å². The van der Waals surface area contributed by atoms with Crippen molar-refractivity contribution in [1.82, 2.24) is 30.5 Å². The van der Waals surface area contributed by atoms with Crippen molar-refractivity contribution >= 4 is 22.5 Å². The number of fused-ring (bicyclic) bond motifs is 1. The van der Waals surface area contributed by atoms with Gasteiger partial charge in [-0.05, 0) is 86.7 Å². The summed E-state index contributed by atoms with van der Waals surface area (Å²) in [6.45, 7) is 8.86. The van der Waals surface area contributed by atoms with Gasteiger partial charge in [-0.3, -0.25) is 0 Å². The first-order valence-electron chi connectivity index (χ1n) is 10.4. The third-order valence-corrected chi connectivity index (χ3v) is 6.55. The SMILES string of the molecule is CC1(C)CC(n2nnc3cc(-c4ccc(-c5ccsc5)cc4O)nnc32)CC(C)(C)N1. The fourth-order valence-corrected chi connectivity index (χ4v) is 5.59. The Morgan fingerprint density at radius 1 is 1.00 bits per heavy atom. The van der Waals surface area contributed by atoms with Gasteiger partial charge in [-0.15, -0.1) is 15.3 Å². The van der Waals surface area contributed by atoms with Gasteiger partial charge in [-0.25, -0.2) is 4.68 Å². The molecule has 7 nitrogen and oxygen atoms in total. The van der Waals surface area contributed by atoms with E-state index in [4.69, 9.17) is 0 Å². The number of aromatic nitrogens is 5. The Morgan fingerprint density at radius 2 is 1.77 bits per heavy atom. The number of nitrogens with zero attached hydrogens (tertiary/aromatic N) is 5. The molecule has 1 saturated heterocycles. The summed E-state index contributed by atoms with van der Waals surface area (Å²) < 4.78 is 1.91. The van der Waals surface area contributed by atoms with E-state index in [-0.39, 0.29) is 22.9 Å². The highest BCUT2D eigenvalue weighted by molar-refractivity contribution is 7.08. The van der Waals surface area contributed by atoms with E-state index in [1.807, 2.05) is 34.3 Å². The highest BCUT2D eigenvalue weighted by atomic mass is 32.1. The number of hydrogen-bond donors (Lipinski definition) is 2. The van der Waals surface area contributed by atoms with Gasteiger partial charge in [0.2, 0.25) is 5.65 Å². The van der Waals surface area contributed by atoms with Crippen molar-refractivity contribution in [3.8, 4) is 28.1 Å². The minimum atomic E-state index is -0.00590. The third-order valence-electron chi connectivity index (χ3n) is 5.86. The predicted octanol–water partition coefficient (Wildman–Crippen LogP) is 4.80. The van der Waals surface area contributed by atoms with Crippen LogP contribution >= 0.6 is 11.3 Å². The molecule has 0 radical (unpaired) electrons. The molecule has 0 spiro atoms. The number of rotatable bonds is 3. The van der Waals surface area contributed by atoms with Gasteiger partial charge < -0.3 is 10.4 Å². The zero-order chi connectivity index (χ0) is 21.8. The van der Waals surface area contributed by atoms with Crippen molar-refractivity contribution in [2.45, 2.75) is 57.7 Å². The number of aromatic hydroxyl groups is 1. The Balaban J connectivity index is 1.49. The summed E-state index contributed by atoms with van der Waals surface area (Å²) in [4.78, 5) is 0. The van der Waals surface area contributed by atoms with Crippen LogP contribution in [0, 0.1) is 0 Å². The maximum absolute atomic E-state index is 10.6. The minimum absolute atomic E-state index is 0.00590. The molecule has 0 bridgehead atoms. The standard InChI is InChI=1S/C23H26N6OS/c1-22(2)11-16(12-23(3,4)27-22)29-21-19(25-28-29)10-18(24-26-21)17-6-5-14(9-20(17)30)15-7-8-31-13-15/h5-10,13,16,27,30H,11-12H2,1-4H3. The summed E-state index contributed by atoms with van der Waals surface area (Å²) in [6, 6.07) is 9.70. The lowest BCUT2D eigenvalue weighted by molar-refractivity contribution is 0.127. The molecule has 1 aromatic carbocycles. The van der Waals surface area contributed by atoms with Crippen LogP contribution in [-0.4, -0.2) is 41.4 Å². The minimum Gasteiger partial charge on any atom is -0.507 e. The second-order valence-electron chi connectivity index (χ2n) is 9.67. The molecule has 0 amide bonds. The first kappa shape index (κ1) is 20.1. The molecule has 0 aliphatic carbocycles. The molecule has 31 heavy (non-hydrogen) atoms. The van der Waals surface area contributed by atoms with Gasteiger partial charge in [-0.2, -0.15) is 11.3 Å². The first-order valence-corrected chi connectivity index (χ1v) is 11.4. The second kappa shape index (κ2) is 7.10. The van der Waals surface area contributed by atoms with Crippen LogP contribution in [0.2, 0.25) is 0 Å². The highest BCUT2D eigenvalue weighted by Gasteiger charge is 2.39. The van der Waals surface area contributed by atoms with E-state index in [0.29, 0.717) is 22.4 Å². The molecule has 4 heterocycles. The van der Waals surface area contributed by atoms with Crippen LogP contribution in [0.1, 0.15) is 46.6 Å². The van der Waals surface area contributed by atoms with Crippen molar-refractivity contribution in [3.63, 3.8) is 0 Å². The zero-order valence-electron chi connectivity index (χ0n) is 18.1. The number of benzene rings is 1. The van der Waals surface area contributed by atoms with Gasteiger partial charge >= 0.3 is 0 Å². The largest absolute Gasteiger partial charge is 0.507 e. The first-order chi connectivity index (χ1) is 14.7. The number of thiophene rings is 1. The monoisotopic (exact) mass is 434 g/mol. The van der Waals surface area contributed by atoms with E-state index in [0.717, 1.165) is 24.0 Å². The Morgan fingerprint density at radius 3 is 2.45 bits per heavy atom. The van der Waals surface area contributed by atoms with E-state index in [9.17, 15) is 5.11 Å². The molecule has 8 heteroatoms. The predicted molar refractivity (Wildman–Crippen MR) is 123 cm³/mol. The molecule has 1 fully saturated rings. The van der Waals surface area contributed by atoms with Crippen LogP contribution in [0.3, 0.4) is 0 Å². The number of piperidine rings is 1. The summed E-state index contributed by atoms with van der Waals surface area (Å²) in [6.07, 6.45) is 1.87. The van der Waals surface area contributed by atoms with Crippen molar-refractivity contribution in [3.05, 3.63) is 41.1 Å². The quantitative estimate of drug-likeness (QED) is 0.481. The summed E-state index contributed by atoms with van der Waals surface area (Å²) in [5.74, 6) is 0.173. The maximum atomic E-state index is 10.6. The van der Waals surface area contributed by atoms with Crippen LogP contribution < -0.4 is 5.32 Å². The van der Waals surface area contributed by atoms with Gasteiger partial charge in [0, 0.05) is 16.6 Å². The van der Waals surface area contributed by atoms with Gasteiger partial charge in [0.15, 0.2) is 0 Å². The lowest BCUT2D eigenvalue weighted by Crippen LogP contribution is -2.58. The number of nitrogens with one attached hydrogen (secondary N) is 1. The van der Waals surface area contributed by atoms with Crippen molar-refractivity contribution in [1.29, 1.82) is 0 Å². The molecular weight excluding hydrogens is 408 g/mol. The van der Waals surface area contributed by atoms with Gasteiger partial charge in [-0.1, -0.05) is 11.3 Å². The summed E-state index contributed by atoms with van der Waals surface area (Å²) in [5.41, 5.74) is 4.62. The average Bonchev–Trinajstić information content (AvgIpc) is 3.35. The fourth-order valence-electron chi connectivity index (χ4n) is 4.93. The van der Waals surface area contributed by atoms with Crippen LogP contribution in [0.25, 0.3) is 33.5 Å². The van der Waals surface area contributed by atoms with E-state index in [1.165, 1.54) is 0 Å². The zero-order valence-corrected chi connectivity index (χ0v) is 18.9. The number of phenols is 1. The fraction of sp³-hybridized carbons (Fsp3) is 0.391. The highest BCUT2D eigenvalue weighted by Crippen LogP contribution is 2.37. The normalized spacial score (nSPS) is 18.5. The van der Waals surface area contributed by atoms with Gasteiger partial charge in [0.1, 0.15) is 11.3 Å². The summed E-state index contributed by atoms with van der Waals surface area (Å²) in [5, 5.41) is 36.1. The Kier molecular flexibility index (Phi) is 4.60. The molecule has 4 aromatic rings. The molecule has 0 atom stereocenters. The summed E-state index contributed by atoms with van der Waals surface area (Å²) in [7, 11) is 0. The summed E-state index contributed by atoms with van der Waals surface area (Å²) >= 11 is 1.63. The molecule has 0 saturated carbocycles. The van der Waals surface area contributed by atoms with Crippen molar-refractivity contribution in [2.75, 3.05) is 0 Å². The Hall–Kier alpha value is -2.84. The smallest absolute Gasteiger partial charge is 0.201 e. The van der Waals surface area contributed by atoms with E-state index >= 15 is 0 Å². The topological polar surface area (TPSA) is 88.8 Å². The third kappa shape index (κ3) is 3.81. The second-order valence-corrected chi connectivity index (χ2v) is 10.5.